The molecule has 4 heterocycles. The number of fused-ring (bicyclic) bond motifs is 2. The standard InChI is InChI=1S/C93H124N20O21S2/c1-50-20-18-24-63-62(48-100-74(50)63)44-68-82(125)102-64(25-14-16-36-98-53(4)116)80(123)111-77(92(9,10)136-135-91(7,8)76(101-55(6)118)87(130)107-70(46-73(95)120)84(127)110-75(52(3)115)86(129)105-68)88(131)106-66(41-56-27-31-60(32-28-56)78(96)121)81(124)103-67(42-57-29-30-59-22-12-13-23-61(59)40-57)85(128)112-93(33-38-134-39-34-93)90(133)109-65(26-15-17-37-99-54(5)117)79(122)104-69(45-72(94)119)83(126)108-71(43-58-21-19-35-97-47-58)89(132)113(11)49-51(2)114/h12-13,18-24,27-32,35,40,47-48,52,64-71,75-77,100,115H,14-17,25-26,33-34,36-39,41-46,49H2,1-11H3,(H2,94,119)(H2,95,120)(H2,96,121)(H,98,116)(H,99,117)(H,101,118)(H,102,125)(H,103,124)(H,104,122)(H,105,129)(H,106,131)(H,107,130)(H,108,126)(H,109,133)(H,110,127)(H,111,123)(H,112,128)/t52-,64+,65+,66+,67+,68+,69+,70+,71+,75+,76-,77-/m1/s1. The number of nitrogens with one attached hydrogen (secondary N) is 15. The minimum atomic E-state index is -2.02. The molecule has 2 aliphatic rings. The molecule has 0 radical (unpaired) electrons. The number of ether oxygens (including phenoxy) is 1. The molecule has 0 aliphatic carbocycles. The van der Waals surface area contributed by atoms with Gasteiger partial charge in [-0.2, -0.15) is 0 Å². The second kappa shape index (κ2) is 50.2. The number of likely N-dealkylation sites (N-methyl/N-ethyl adjacent to an activating group) is 1. The molecule has 136 heavy (non-hydrogen) atoms. The molecule has 4 aromatic carbocycles. The first kappa shape index (κ1) is 108. The summed E-state index contributed by atoms with van der Waals surface area (Å²) in [6.07, 6.45) is -0.687. The number of aliphatic hydroxyl groups excluding tert-OH is 1. The number of Topliss-reactive ketones (excluding diaryl/α,β-unsaturated/α-hetero) is 1. The number of ketones is 1. The van der Waals surface area contributed by atoms with Gasteiger partial charge in [0.1, 0.15) is 77.8 Å². The lowest BCUT2D eigenvalue weighted by Crippen LogP contribution is -2.67. The Labute approximate surface area is 794 Å². The highest BCUT2D eigenvalue weighted by molar-refractivity contribution is 8.77. The third kappa shape index (κ3) is 32.2. The van der Waals surface area contributed by atoms with Crippen molar-refractivity contribution >= 4 is 155 Å². The van der Waals surface area contributed by atoms with Crippen molar-refractivity contribution in [2.75, 3.05) is 39.9 Å². The predicted molar refractivity (Wildman–Crippen MR) is 505 cm³/mol. The average molecular weight is 1920 g/mol. The number of nitrogens with zero attached hydrogens (tertiary/aromatic N) is 2. The van der Waals surface area contributed by atoms with Crippen molar-refractivity contribution in [2.24, 2.45) is 17.2 Å². The van der Waals surface area contributed by atoms with Crippen LogP contribution in [0.5, 0.6) is 0 Å². The molecule has 0 saturated carbocycles. The number of H-pyrrole nitrogens is 1. The molecule has 0 bridgehead atoms. The van der Waals surface area contributed by atoms with Crippen LogP contribution in [0.3, 0.4) is 0 Å². The van der Waals surface area contributed by atoms with Gasteiger partial charge in [0.05, 0.1) is 25.5 Å². The molecule has 41 nitrogen and oxygen atoms in total. The highest BCUT2D eigenvalue weighted by atomic mass is 33.1. The zero-order valence-corrected chi connectivity index (χ0v) is 79.5. The molecular weight excluding hydrogens is 1800 g/mol. The smallest absolute Gasteiger partial charge is 0.248 e. The lowest BCUT2D eigenvalue weighted by molar-refractivity contribution is -0.141. The quantitative estimate of drug-likeness (QED) is 0.0165. The van der Waals surface area contributed by atoms with Gasteiger partial charge in [0.2, 0.25) is 106 Å². The number of pyridine rings is 1. The minimum Gasteiger partial charge on any atom is -0.391 e. The highest BCUT2D eigenvalue weighted by Gasteiger charge is 2.49. The fraction of sp³-hybridized carbons (Fsp3) is 0.484. The zero-order chi connectivity index (χ0) is 100. The maximum absolute atomic E-state index is 16.4. The molecular formula is C93H124N20O21S2. The third-order valence-corrected chi connectivity index (χ3v) is 27.3. The van der Waals surface area contributed by atoms with Crippen LogP contribution < -0.4 is 91.6 Å². The second-order valence-electron chi connectivity index (χ2n) is 35.2. The molecule has 0 spiro atoms. The third-order valence-electron chi connectivity index (χ3n) is 23.0. The topological polar surface area (TPSA) is 632 Å². The molecule has 2 saturated heterocycles. The number of aromatic nitrogens is 2. The molecule has 12 atom stereocenters. The van der Waals surface area contributed by atoms with E-state index in [1.165, 1.54) is 92.2 Å². The van der Waals surface area contributed by atoms with E-state index in [9.17, 15) is 62.6 Å². The Morgan fingerprint density at radius 1 is 0.574 bits per heavy atom. The van der Waals surface area contributed by atoms with Gasteiger partial charge in [-0.25, -0.2) is 0 Å². The van der Waals surface area contributed by atoms with Gasteiger partial charge in [-0.15, -0.1) is 0 Å². The summed E-state index contributed by atoms with van der Waals surface area (Å²) in [6.45, 7) is 13.4. The molecule has 6 aromatic rings. The molecule has 2 fully saturated rings. The van der Waals surface area contributed by atoms with E-state index in [0.29, 0.717) is 33.0 Å². The van der Waals surface area contributed by atoms with Crippen LogP contribution in [-0.4, -0.2) is 260 Å². The summed E-state index contributed by atoms with van der Waals surface area (Å²) in [6, 6.07) is 7.44. The average Bonchev–Trinajstić information content (AvgIpc) is 1.10. The van der Waals surface area contributed by atoms with E-state index in [1.807, 2.05) is 19.1 Å². The van der Waals surface area contributed by atoms with Gasteiger partial charge in [0.15, 0.2) is 0 Å². The van der Waals surface area contributed by atoms with Crippen molar-refractivity contribution in [3.05, 3.63) is 149 Å². The molecule has 0 unspecified atom stereocenters. The van der Waals surface area contributed by atoms with E-state index >= 15 is 33.6 Å². The van der Waals surface area contributed by atoms with E-state index in [0.717, 1.165) is 51.3 Å². The Morgan fingerprint density at radius 3 is 1.78 bits per heavy atom. The summed E-state index contributed by atoms with van der Waals surface area (Å²) in [5.41, 5.74) is 18.2. The minimum absolute atomic E-state index is 0.0327. The van der Waals surface area contributed by atoms with Gasteiger partial charge in [-0.1, -0.05) is 100 Å². The van der Waals surface area contributed by atoms with Gasteiger partial charge in [-0.3, -0.25) is 96.1 Å². The van der Waals surface area contributed by atoms with Gasteiger partial charge >= 0.3 is 0 Å². The fourth-order valence-corrected chi connectivity index (χ4v) is 18.4. The Bertz CT molecular complexity index is 5380. The fourth-order valence-electron chi connectivity index (χ4n) is 15.6. The van der Waals surface area contributed by atoms with Crippen molar-refractivity contribution in [3.63, 3.8) is 0 Å². The number of hydrogen-bond donors (Lipinski definition) is 19. The number of carbonyl (C=O) groups excluding carboxylic acids is 19. The van der Waals surface area contributed by atoms with E-state index in [2.05, 4.69) is 84.4 Å². The number of hydrogen-bond acceptors (Lipinski definition) is 24. The highest BCUT2D eigenvalue weighted by Crippen LogP contribution is 2.47. The van der Waals surface area contributed by atoms with Crippen LogP contribution in [0.4, 0.5) is 0 Å². The summed E-state index contributed by atoms with van der Waals surface area (Å²) >= 11 is 0. The Kier molecular flexibility index (Phi) is 39.9. The number of primary amides is 3. The van der Waals surface area contributed by atoms with Crippen molar-refractivity contribution < 1.29 is 101 Å². The first-order chi connectivity index (χ1) is 64.2. The first-order valence-electron chi connectivity index (χ1n) is 44.6. The normalized spacial score (nSPS) is 19.4. The van der Waals surface area contributed by atoms with Crippen LogP contribution in [0, 0.1) is 6.92 Å². The Morgan fingerprint density at radius 2 is 1.15 bits per heavy atom. The maximum atomic E-state index is 16.4. The number of aliphatic hydroxyl groups is 1. The number of benzene rings is 4. The molecule has 18 amide bonds. The van der Waals surface area contributed by atoms with Crippen LogP contribution in [-0.2, 0) is 117 Å². The molecule has 43 heteroatoms. The second-order valence-corrected chi connectivity index (χ2v) is 38.7. The van der Waals surface area contributed by atoms with Gasteiger partial charge in [0.25, 0.3) is 0 Å². The number of carbonyl (C=O) groups is 19. The maximum Gasteiger partial charge on any atom is 0.248 e. The summed E-state index contributed by atoms with van der Waals surface area (Å²) < 4.78 is 2.51. The summed E-state index contributed by atoms with van der Waals surface area (Å²) in [7, 11) is 3.10. The van der Waals surface area contributed by atoms with Crippen molar-refractivity contribution in [3.8, 4) is 0 Å². The number of aryl methyl sites for hydroxylation is 1. The largest absolute Gasteiger partial charge is 0.391 e. The molecule has 8 rings (SSSR count). The number of unbranched alkanes of at least 4 members (excludes halogenated alkanes) is 2. The SMILES string of the molecule is CC(=O)CN(C)C(=O)[C@H](Cc1cccnc1)NC(=O)[C@H](CC(N)=O)NC(=O)[C@H](CCCCNC(C)=O)NC(=O)C1(NC(=O)[C@H](Cc2ccc3ccccc3c2)NC(=O)[C@H](Cc2ccc(C(N)=O)cc2)NC(=O)[C@H]2NC(=O)[C@H](CCCCNC(C)=O)NC(=O)[C@H](Cc3c[nH]c4c(C)cccc34)NC(=O)[C@H]([C@@H](C)O)NC(=O)[C@H](CC(N)=O)NC(=O)[C@@H](NC(C)=O)C(C)(C)SSC2(C)C)CCOCC1. The van der Waals surface area contributed by atoms with Crippen LogP contribution >= 0.6 is 21.6 Å². The van der Waals surface area contributed by atoms with Gasteiger partial charge in [0, 0.05) is 137 Å². The van der Waals surface area contributed by atoms with E-state index < -0.39 is 201 Å². The van der Waals surface area contributed by atoms with E-state index in [-0.39, 0.29) is 132 Å². The summed E-state index contributed by atoms with van der Waals surface area (Å²) in [4.78, 5) is 280. The molecule has 22 N–H and O–H groups in total. The van der Waals surface area contributed by atoms with Crippen molar-refractivity contribution in [2.45, 2.75) is 247 Å². The lowest BCUT2D eigenvalue weighted by atomic mass is 9.87. The first-order valence-corrected chi connectivity index (χ1v) is 46.8. The van der Waals surface area contributed by atoms with Crippen LogP contribution in [0.25, 0.3) is 21.7 Å². The molecule has 734 valence electrons. The summed E-state index contributed by atoms with van der Waals surface area (Å²) in [5, 5.41) is 50.9. The van der Waals surface area contributed by atoms with Crippen molar-refractivity contribution in [1.29, 1.82) is 0 Å². The number of nitrogens with two attached hydrogens (primary N) is 3. The van der Waals surface area contributed by atoms with Crippen LogP contribution in [0.2, 0.25) is 0 Å². The summed E-state index contributed by atoms with van der Waals surface area (Å²) in [5.74, 6) is -17.5. The molecule has 2 aliphatic heterocycles. The monoisotopic (exact) mass is 1920 g/mol. The Balaban J connectivity index is 1.23. The van der Waals surface area contributed by atoms with E-state index in [4.69, 9.17) is 21.9 Å². The van der Waals surface area contributed by atoms with Crippen LogP contribution in [0.15, 0.2) is 116 Å². The van der Waals surface area contributed by atoms with E-state index in [1.54, 1.807) is 66.9 Å². The number of amides is 18. The van der Waals surface area contributed by atoms with Crippen LogP contribution in [0.1, 0.15) is 165 Å². The number of para-hydroxylation sites is 1. The Hall–Kier alpha value is -13.4. The number of aromatic amines is 1. The predicted octanol–water partition coefficient (Wildman–Crippen LogP) is -0.844. The molecule has 2 aromatic heterocycles. The number of rotatable bonds is 40. The van der Waals surface area contributed by atoms with Crippen molar-refractivity contribution in [1.82, 2.24) is 89.3 Å². The van der Waals surface area contributed by atoms with Gasteiger partial charge < -0.3 is 111 Å². The van der Waals surface area contributed by atoms with Gasteiger partial charge in [-0.05, 0) is 144 Å². The zero-order valence-electron chi connectivity index (χ0n) is 77.9. The lowest BCUT2D eigenvalue weighted by Gasteiger charge is -2.39.